The van der Waals surface area contributed by atoms with Gasteiger partial charge in [-0.25, -0.2) is 14.4 Å². The van der Waals surface area contributed by atoms with Crippen LogP contribution in [0.3, 0.4) is 0 Å². The molecule has 0 saturated heterocycles. The quantitative estimate of drug-likeness (QED) is 0.773. The number of hydrogen-bond acceptors (Lipinski definition) is 5. The van der Waals surface area contributed by atoms with E-state index in [0.717, 1.165) is 32.9 Å². The molecule has 0 aliphatic carbocycles. The Morgan fingerprint density at radius 1 is 1.21 bits per heavy atom. The molecule has 0 bridgehead atoms. The fourth-order valence-electron chi connectivity index (χ4n) is 3.14. The van der Waals surface area contributed by atoms with Gasteiger partial charge in [-0.15, -0.1) is 0 Å². The highest BCUT2D eigenvalue weighted by Crippen LogP contribution is 2.51. The smallest absolute Gasteiger partial charge is 0.315 e. The van der Waals surface area contributed by atoms with Crippen molar-refractivity contribution < 1.29 is 22.7 Å². The molecule has 1 aromatic carbocycles. The van der Waals surface area contributed by atoms with Crippen molar-refractivity contribution in [1.82, 2.24) is 4.98 Å². The first-order valence-electron chi connectivity index (χ1n) is 8.52. The minimum atomic E-state index is -3.62. The standard InChI is InChI=1S/C19H18ClF3N4O2/c1-17(2)19(22,23)18(3,27-16(24)29-17)12-8-11(5-6-13(12)21)26-15(28)14-7-4-10(20)9-25-14/h4-9H,1-3H3,(H2,24,27)(H,26,28)/t18-/m1/s1. The minimum absolute atomic E-state index is 0.0475. The number of nitrogens with one attached hydrogen (secondary N) is 1. The van der Waals surface area contributed by atoms with Crippen LogP contribution in [-0.2, 0) is 10.3 Å². The maximum absolute atomic E-state index is 15.2. The molecule has 2 heterocycles. The van der Waals surface area contributed by atoms with Gasteiger partial charge in [0.25, 0.3) is 11.9 Å². The van der Waals surface area contributed by atoms with Crippen molar-refractivity contribution in [2.24, 2.45) is 10.7 Å². The zero-order valence-electron chi connectivity index (χ0n) is 15.8. The van der Waals surface area contributed by atoms with Gasteiger partial charge in [0, 0.05) is 17.4 Å². The van der Waals surface area contributed by atoms with Gasteiger partial charge in [-0.1, -0.05) is 11.6 Å². The molecule has 2 aromatic rings. The largest absolute Gasteiger partial charge is 0.453 e. The summed E-state index contributed by atoms with van der Waals surface area (Å²) >= 11 is 5.74. The van der Waals surface area contributed by atoms with E-state index >= 15 is 8.78 Å². The van der Waals surface area contributed by atoms with Gasteiger partial charge in [-0.2, -0.15) is 8.78 Å². The van der Waals surface area contributed by atoms with Gasteiger partial charge in [0.1, 0.15) is 11.5 Å². The predicted octanol–water partition coefficient (Wildman–Crippen LogP) is 4.10. The second kappa shape index (κ2) is 6.91. The van der Waals surface area contributed by atoms with Crippen molar-refractivity contribution in [2.75, 3.05) is 5.32 Å². The summed E-state index contributed by atoms with van der Waals surface area (Å²) in [5.74, 6) is -5.17. The van der Waals surface area contributed by atoms with E-state index in [9.17, 15) is 9.18 Å². The van der Waals surface area contributed by atoms with E-state index in [4.69, 9.17) is 22.1 Å². The van der Waals surface area contributed by atoms with Crippen LogP contribution >= 0.6 is 11.6 Å². The molecule has 6 nitrogen and oxygen atoms in total. The normalized spacial score (nSPS) is 22.4. The Kier molecular flexibility index (Phi) is 4.98. The first kappa shape index (κ1) is 20.9. The molecule has 0 fully saturated rings. The second-order valence-electron chi connectivity index (χ2n) is 7.22. The van der Waals surface area contributed by atoms with Crippen LogP contribution in [0.4, 0.5) is 18.9 Å². The highest BCUT2D eigenvalue weighted by atomic mass is 35.5. The Morgan fingerprint density at radius 2 is 1.90 bits per heavy atom. The molecule has 0 spiro atoms. The molecule has 1 atom stereocenters. The van der Waals surface area contributed by atoms with E-state index in [2.05, 4.69) is 15.3 Å². The zero-order chi connectivity index (χ0) is 21.6. The number of halogens is 4. The number of benzene rings is 1. The fourth-order valence-corrected chi connectivity index (χ4v) is 3.25. The molecule has 1 aliphatic rings. The summed E-state index contributed by atoms with van der Waals surface area (Å²) in [6.45, 7) is 3.35. The number of alkyl halides is 2. The average Bonchev–Trinajstić information content (AvgIpc) is 2.61. The number of hydrogen-bond donors (Lipinski definition) is 2. The van der Waals surface area contributed by atoms with Crippen LogP contribution in [0.25, 0.3) is 0 Å². The van der Waals surface area contributed by atoms with Crippen LogP contribution in [-0.4, -0.2) is 28.4 Å². The number of ether oxygens (including phenoxy) is 1. The number of rotatable bonds is 3. The van der Waals surface area contributed by atoms with Crippen molar-refractivity contribution in [1.29, 1.82) is 0 Å². The van der Waals surface area contributed by atoms with Gasteiger partial charge in [0.05, 0.1) is 5.02 Å². The number of pyridine rings is 1. The van der Waals surface area contributed by atoms with Gasteiger partial charge in [-0.05, 0) is 51.1 Å². The SMILES string of the molecule is CC1(C)OC(N)=N[C@](C)(c2cc(NC(=O)c3ccc(Cl)cn3)ccc2F)C1(F)F. The summed E-state index contributed by atoms with van der Waals surface area (Å²) in [7, 11) is 0. The lowest BCUT2D eigenvalue weighted by Crippen LogP contribution is -2.62. The Bertz CT molecular complexity index is 995. The van der Waals surface area contributed by atoms with Crippen molar-refractivity contribution in [3.63, 3.8) is 0 Å². The molecule has 10 heteroatoms. The molecule has 0 unspecified atom stereocenters. The Hall–Kier alpha value is -2.81. The first-order chi connectivity index (χ1) is 13.4. The van der Waals surface area contributed by atoms with Crippen molar-refractivity contribution >= 4 is 29.2 Å². The lowest BCUT2D eigenvalue weighted by Gasteiger charge is -2.46. The summed E-state index contributed by atoms with van der Waals surface area (Å²) < 4.78 is 50.0. The van der Waals surface area contributed by atoms with Gasteiger partial charge in [-0.3, -0.25) is 4.79 Å². The number of amidine groups is 1. The van der Waals surface area contributed by atoms with E-state index in [0.29, 0.717) is 5.02 Å². The van der Waals surface area contributed by atoms with E-state index in [-0.39, 0.29) is 11.4 Å². The monoisotopic (exact) mass is 426 g/mol. The Balaban J connectivity index is 2.02. The Morgan fingerprint density at radius 3 is 2.52 bits per heavy atom. The van der Waals surface area contributed by atoms with Gasteiger partial charge in [0.2, 0.25) is 0 Å². The molecular weight excluding hydrogens is 409 g/mol. The zero-order valence-corrected chi connectivity index (χ0v) is 16.5. The fraction of sp³-hybridized carbons (Fsp3) is 0.316. The summed E-state index contributed by atoms with van der Waals surface area (Å²) in [4.78, 5) is 19.9. The highest BCUT2D eigenvalue weighted by molar-refractivity contribution is 6.30. The van der Waals surface area contributed by atoms with E-state index in [1.54, 1.807) is 0 Å². The topological polar surface area (TPSA) is 89.6 Å². The highest BCUT2D eigenvalue weighted by Gasteiger charge is 2.66. The van der Waals surface area contributed by atoms with Crippen LogP contribution in [0.2, 0.25) is 5.02 Å². The van der Waals surface area contributed by atoms with Gasteiger partial charge in [0.15, 0.2) is 11.1 Å². The summed E-state index contributed by atoms with van der Waals surface area (Å²) in [5, 5.41) is 2.84. The van der Waals surface area contributed by atoms with E-state index in [1.807, 2.05) is 0 Å². The number of carbonyl (C=O) groups excluding carboxylic acids is 1. The predicted molar refractivity (Wildman–Crippen MR) is 103 cm³/mol. The van der Waals surface area contributed by atoms with Crippen LogP contribution in [0.5, 0.6) is 0 Å². The number of anilines is 1. The average molecular weight is 427 g/mol. The third-order valence-electron chi connectivity index (χ3n) is 4.77. The van der Waals surface area contributed by atoms with Crippen molar-refractivity contribution in [2.45, 2.75) is 37.8 Å². The molecule has 1 aliphatic heterocycles. The van der Waals surface area contributed by atoms with Crippen LogP contribution in [0.15, 0.2) is 41.5 Å². The molecule has 0 radical (unpaired) electrons. The second-order valence-corrected chi connectivity index (χ2v) is 7.66. The molecule has 154 valence electrons. The Labute approximate surface area is 169 Å². The van der Waals surface area contributed by atoms with Crippen LogP contribution in [0, 0.1) is 5.82 Å². The van der Waals surface area contributed by atoms with Gasteiger partial charge < -0.3 is 15.8 Å². The molecular formula is C19H18ClF3N4O2. The number of carbonyl (C=O) groups is 1. The number of aromatic nitrogens is 1. The number of nitrogens with two attached hydrogens (primary N) is 1. The van der Waals surface area contributed by atoms with Gasteiger partial charge >= 0.3 is 5.92 Å². The van der Waals surface area contributed by atoms with E-state index in [1.165, 1.54) is 24.4 Å². The molecule has 3 N–H and O–H groups in total. The summed E-state index contributed by atoms with van der Waals surface area (Å²) in [5.41, 5.74) is 0.879. The molecule has 29 heavy (non-hydrogen) atoms. The lowest BCUT2D eigenvalue weighted by molar-refractivity contribution is -0.207. The van der Waals surface area contributed by atoms with Crippen LogP contribution in [0.1, 0.15) is 36.8 Å². The first-order valence-corrected chi connectivity index (χ1v) is 8.90. The van der Waals surface area contributed by atoms with Crippen molar-refractivity contribution in [3.05, 3.63) is 58.6 Å². The number of nitrogens with zero attached hydrogens (tertiary/aromatic N) is 2. The van der Waals surface area contributed by atoms with E-state index < -0.39 is 40.4 Å². The molecule has 0 saturated carbocycles. The lowest BCUT2D eigenvalue weighted by atomic mass is 9.77. The molecule has 1 aromatic heterocycles. The molecule has 3 rings (SSSR count). The molecule has 1 amide bonds. The minimum Gasteiger partial charge on any atom is -0.453 e. The van der Waals surface area contributed by atoms with Crippen molar-refractivity contribution in [3.8, 4) is 0 Å². The van der Waals surface area contributed by atoms with Crippen LogP contribution < -0.4 is 11.1 Å². The maximum atomic E-state index is 15.2. The third kappa shape index (κ3) is 3.50. The maximum Gasteiger partial charge on any atom is 0.315 e. The summed E-state index contributed by atoms with van der Waals surface area (Å²) in [6, 6.07) is 5.69. The summed E-state index contributed by atoms with van der Waals surface area (Å²) in [6.07, 6.45) is 1.29. The number of amides is 1. The number of aliphatic imine (C=N–C) groups is 1. The third-order valence-corrected chi connectivity index (χ3v) is 4.99.